The van der Waals surface area contributed by atoms with Crippen molar-refractivity contribution in [2.75, 3.05) is 11.1 Å². The molecule has 1 aromatic heterocycles. The average molecular weight is 563 g/mol. The van der Waals surface area contributed by atoms with E-state index in [1.165, 1.54) is 11.8 Å². The maximum Gasteiger partial charge on any atom is 0.251 e. The molecule has 0 spiro atoms. The standard InChI is InChI=1S/C23H26IN5O2S/c1-5-29-19(12-25-22(31)18-9-7-6-8-14(18)2)27-28-23(29)32-13-20(30)26-21-15(3)10-17(24)11-16(21)4/h6-11H,5,12-13H2,1-4H3,(H,25,31)(H,26,30). The van der Waals surface area contributed by atoms with Crippen LogP contribution in [-0.4, -0.2) is 32.3 Å². The Hall–Kier alpha value is -2.40. The summed E-state index contributed by atoms with van der Waals surface area (Å²) in [5.74, 6) is 0.633. The molecule has 2 N–H and O–H groups in total. The molecule has 2 aromatic carbocycles. The van der Waals surface area contributed by atoms with Crippen molar-refractivity contribution in [3.8, 4) is 0 Å². The molecule has 0 aliphatic rings. The number of benzene rings is 2. The fourth-order valence-corrected chi connectivity index (χ4v) is 5.13. The van der Waals surface area contributed by atoms with Crippen molar-refractivity contribution in [1.82, 2.24) is 20.1 Å². The first-order chi connectivity index (χ1) is 15.3. The first-order valence-corrected chi connectivity index (χ1v) is 12.3. The van der Waals surface area contributed by atoms with Gasteiger partial charge in [-0.25, -0.2) is 0 Å². The third-order valence-corrected chi connectivity index (χ3v) is 6.59. The van der Waals surface area contributed by atoms with E-state index >= 15 is 0 Å². The van der Waals surface area contributed by atoms with Crippen LogP contribution in [0, 0.1) is 24.3 Å². The quantitative estimate of drug-likeness (QED) is 0.312. The number of amides is 2. The van der Waals surface area contributed by atoms with E-state index < -0.39 is 0 Å². The highest BCUT2D eigenvalue weighted by molar-refractivity contribution is 14.1. The molecular weight excluding hydrogens is 537 g/mol. The van der Waals surface area contributed by atoms with Crippen LogP contribution in [0.15, 0.2) is 41.6 Å². The lowest BCUT2D eigenvalue weighted by molar-refractivity contribution is -0.113. The number of hydrogen-bond donors (Lipinski definition) is 2. The fourth-order valence-electron chi connectivity index (χ4n) is 3.37. The van der Waals surface area contributed by atoms with Crippen molar-refractivity contribution in [2.45, 2.75) is 45.9 Å². The third kappa shape index (κ3) is 5.89. The summed E-state index contributed by atoms with van der Waals surface area (Å²) in [5, 5.41) is 15.0. The van der Waals surface area contributed by atoms with Crippen LogP contribution in [0.3, 0.4) is 0 Å². The van der Waals surface area contributed by atoms with Crippen LogP contribution in [0.2, 0.25) is 0 Å². The van der Waals surface area contributed by atoms with Gasteiger partial charge in [-0.1, -0.05) is 30.0 Å². The van der Waals surface area contributed by atoms with Gasteiger partial charge in [0.1, 0.15) is 0 Å². The zero-order valence-electron chi connectivity index (χ0n) is 18.5. The molecule has 0 fully saturated rings. The van der Waals surface area contributed by atoms with E-state index in [1.807, 2.05) is 62.6 Å². The van der Waals surface area contributed by atoms with E-state index in [4.69, 9.17) is 0 Å². The molecule has 9 heteroatoms. The van der Waals surface area contributed by atoms with E-state index in [-0.39, 0.29) is 24.1 Å². The Morgan fingerprint density at radius 1 is 1.06 bits per heavy atom. The molecule has 168 valence electrons. The molecule has 0 aliphatic heterocycles. The largest absolute Gasteiger partial charge is 0.345 e. The number of rotatable bonds is 8. The van der Waals surface area contributed by atoms with E-state index in [9.17, 15) is 9.59 Å². The number of aryl methyl sites for hydroxylation is 3. The van der Waals surface area contributed by atoms with Gasteiger partial charge < -0.3 is 15.2 Å². The minimum absolute atomic E-state index is 0.0949. The second-order valence-corrected chi connectivity index (χ2v) is 9.58. The number of nitrogens with zero attached hydrogens (tertiary/aromatic N) is 3. The number of hydrogen-bond acceptors (Lipinski definition) is 5. The zero-order valence-corrected chi connectivity index (χ0v) is 21.5. The van der Waals surface area contributed by atoms with Crippen LogP contribution < -0.4 is 10.6 Å². The summed E-state index contributed by atoms with van der Waals surface area (Å²) in [7, 11) is 0. The minimum atomic E-state index is -0.148. The number of thioether (sulfide) groups is 1. The summed E-state index contributed by atoms with van der Waals surface area (Å²) < 4.78 is 3.06. The highest BCUT2D eigenvalue weighted by Crippen LogP contribution is 2.24. The molecule has 3 aromatic rings. The lowest BCUT2D eigenvalue weighted by atomic mass is 10.1. The van der Waals surface area contributed by atoms with E-state index in [1.54, 1.807) is 6.07 Å². The Balaban J connectivity index is 1.61. The summed E-state index contributed by atoms with van der Waals surface area (Å²) in [4.78, 5) is 25.0. The van der Waals surface area contributed by atoms with Crippen molar-refractivity contribution in [3.63, 3.8) is 0 Å². The first-order valence-electron chi connectivity index (χ1n) is 10.3. The SMILES string of the molecule is CCn1c(CNC(=O)c2ccccc2C)nnc1SCC(=O)Nc1c(C)cc(I)cc1C. The van der Waals surface area contributed by atoms with Crippen LogP contribution in [-0.2, 0) is 17.9 Å². The first kappa shape index (κ1) is 24.2. The molecule has 3 rings (SSSR count). The molecule has 32 heavy (non-hydrogen) atoms. The highest BCUT2D eigenvalue weighted by atomic mass is 127. The molecule has 0 bridgehead atoms. The Labute approximate surface area is 205 Å². The molecule has 0 radical (unpaired) electrons. The molecule has 0 unspecified atom stereocenters. The normalized spacial score (nSPS) is 10.8. The predicted octanol–water partition coefficient (Wildman–Crippen LogP) is 4.49. The molecule has 2 amide bonds. The van der Waals surface area contributed by atoms with Gasteiger partial charge in [0.25, 0.3) is 5.91 Å². The number of anilines is 1. The monoisotopic (exact) mass is 563 g/mol. The molecule has 0 saturated carbocycles. The van der Waals surface area contributed by atoms with Gasteiger partial charge >= 0.3 is 0 Å². The van der Waals surface area contributed by atoms with Gasteiger partial charge in [0.2, 0.25) is 5.91 Å². The lowest BCUT2D eigenvalue weighted by Gasteiger charge is -2.12. The van der Waals surface area contributed by atoms with Crippen molar-refractivity contribution in [1.29, 1.82) is 0 Å². The zero-order chi connectivity index (χ0) is 23.3. The summed E-state index contributed by atoms with van der Waals surface area (Å²) in [6.45, 7) is 8.77. The maximum absolute atomic E-state index is 12.5. The molecule has 0 saturated heterocycles. The topological polar surface area (TPSA) is 88.9 Å². The summed E-state index contributed by atoms with van der Waals surface area (Å²) in [5.41, 5.74) is 4.49. The number of aromatic nitrogens is 3. The van der Waals surface area contributed by atoms with Crippen LogP contribution in [0.1, 0.15) is 39.8 Å². The predicted molar refractivity (Wildman–Crippen MR) is 136 cm³/mol. The fraction of sp³-hybridized carbons (Fsp3) is 0.304. The van der Waals surface area contributed by atoms with Gasteiger partial charge in [0.05, 0.1) is 12.3 Å². The van der Waals surface area contributed by atoms with Crippen molar-refractivity contribution >= 4 is 51.9 Å². The summed E-state index contributed by atoms with van der Waals surface area (Å²) >= 11 is 3.60. The van der Waals surface area contributed by atoms with Crippen molar-refractivity contribution in [2.24, 2.45) is 0 Å². The average Bonchev–Trinajstić information content (AvgIpc) is 3.15. The molecular formula is C23H26IN5O2S. The van der Waals surface area contributed by atoms with Gasteiger partial charge in [-0.15, -0.1) is 10.2 Å². The Bertz CT molecular complexity index is 1120. The lowest BCUT2D eigenvalue weighted by Crippen LogP contribution is -2.25. The second kappa shape index (κ2) is 11.0. The van der Waals surface area contributed by atoms with E-state index in [0.29, 0.717) is 23.1 Å². The third-order valence-electron chi connectivity index (χ3n) is 5.00. The van der Waals surface area contributed by atoms with Gasteiger partial charge in [0, 0.05) is 21.4 Å². The Morgan fingerprint density at radius 3 is 2.41 bits per heavy atom. The van der Waals surface area contributed by atoms with Crippen LogP contribution in [0.4, 0.5) is 5.69 Å². The van der Waals surface area contributed by atoms with Gasteiger partial charge in [-0.2, -0.15) is 0 Å². The minimum Gasteiger partial charge on any atom is -0.345 e. The second-order valence-electron chi connectivity index (χ2n) is 7.39. The number of nitrogens with one attached hydrogen (secondary N) is 2. The van der Waals surface area contributed by atoms with Crippen LogP contribution in [0.25, 0.3) is 0 Å². The number of carbonyl (C=O) groups excluding carboxylic acids is 2. The summed E-state index contributed by atoms with van der Waals surface area (Å²) in [6, 6.07) is 11.5. The number of carbonyl (C=O) groups is 2. The van der Waals surface area contributed by atoms with Gasteiger partial charge in [-0.05, 0) is 85.2 Å². The Morgan fingerprint density at radius 2 is 1.75 bits per heavy atom. The van der Waals surface area contributed by atoms with Crippen LogP contribution in [0.5, 0.6) is 0 Å². The Kier molecular flexibility index (Phi) is 8.30. The summed E-state index contributed by atoms with van der Waals surface area (Å²) in [6.07, 6.45) is 0. The number of halogens is 1. The van der Waals surface area contributed by atoms with Gasteiger partial charge in [-0.3, -0.25) is 9.59 Å². The molecule has 7 nitrogen and oxygen atoms in total. The van der Waals surface area contributed by atoms with E-state index in [2.05, 4.69) is 43.4 Å². The van der Waals surface area contributed by atoms with Crippen molar-refractivity contribution in [3.05, 3.63) is 68.0 Å². The molecule has 0 atom stereocenters. The maximum atomic E-state index is 12.5. The molecule has 0 aliphatic carbocycles. The van der Waals surface area contributed by atoms with Gasteiger partial charge in [0.15, 0.2) is 11.0 Å². The van der Waals surface area contributed by atoms with E-state index in [0.717, 1.165) is 25.9 Å². The molecule has 1 heterocycles. The smallest absolute Gasteiger partial charge is 0.251 e. The highest BCUT2D eigenvalue weighted by Gasteiger charge is 2.16. The van der Waals surface area contributed by atoms with Crippen LogP contribution >= 0.6 is 34.4 Å². The van der Waals surface area contributed by atoms with Crippen molar-refractivity contribution < 1.29 is 9.59 Å².